The van der Waals surface area contributed by atoms with Crippen molar-refractivity contribution in [3.05, 3.63) is 59.8 Å². The molecular weight excluding hydrogens is 352 g/mol. The highest BCUT2D eigenvalue weighted by Crippen LogP contribution is 2.30. The molecule has 1 aromatic heterocycles. The first kappa shape index (κ1) is 18.0. The van der Waals surface area contributed by atoms with E-state index in [4.69, 9.17) is 4.74 Å². The van der Waals surface area contributed by atoms with Crippen LogP contribution in [0.5, 0.6) is 0 Å². The van der Waals surface area contributed by atoms with Gasteiger partial charge in [0.15, 0.2) is 0 Å². The summed E-state index contributed by atoms with van der Waals surface area (Å²) in [6, 6.07) is 11.8. The number of benzene rings is 2. The molecule has 0 saturated carbocycles. The quantitative estimate of drug-likeness (QED) is 0.696. The zero-order valence-electron chi connectivity index (χ0n) is 14.8. The molecule has 0 unspecified atom stereocenters. The van der Waals surface area contributed by atoms with Crippen molar-refractivity contribution >= 4 is 32.6 Å². The fraction of sp³-hybridized carbons (Fsp3) is 0.211. The van der Waals surface area contributed by atoms with E-state index in [1.807, 2.05) is 13.0 Å². The summed E-state index contributed by atoms with van der Waals surface area (Å²) in [5.74, 6) is -0.486. The number of sulfonamides is 1. The second-order valence-corrected chi connectivity index (χ2v) is 7.67. The van der Waals surface area contributed by atoms with Crippen molar-refractivity contribution in [3.8, 4) is 0 Å². The van der Waals surface area contributed by atoms with Crippen molar-refractivity contribution < 1.29 is 17.9 Å². The van der Waals surface area contributed by atoms with Gasteiger partial charge in [-0.15, -0.1) is 0 Å². The van der Waals surface area contributed by atoms with E-state index in [-0.39, 0.29) is 11.5 Å². The Bertz CT molecular complexity index is 1070. The van der Waals surface area contributed by atoms with Gasteiger partial charge in [-0.2, -0.15) is 0 Å². The molecule has 3 aromatic rings. The summed E-state index contributed by atoms with van der Waals surface area (Å²) in [6.07, 6.45) is 1.65. The fourth-order valence-corrected chi connectivity index (χ4v) is 3.89. The Labute approximate surface area is 152 Å². The van der Waals surface area contributed by atoms with Gasteiger partial charge in [0.05, 0.1) is 28.3 Å². The molecule has 0 aliphatic carbocycles. The first-order valence-electron chi connectivity index (χ1n) is 8.18. The van der Waals surface area contributed by atoms with Gasteiger partial charge in [0.1, 0.15) is 0 Å². The smallest absolute Gasteiger partial charge is 0.340 e. The summed E-state index contributed by atoms with van der Waals surface area (Å²) in [4.78, 5) is 12.4. The third kappa shape index (κ3) is 3.30. The van der Waals surface area contributed by atoms with Crippen molar-refractivity contribution in [3.63, 3.8) is 0 Å². The van der Waals surface area contributed by atoms with E-state index in [0.717, 1.165) is 11.1 Å². The highest BCUT2D eigenvalue weighted by atomic mass is 32.2. The minimum Gasteiger partial charge on any atom is -0.462 e. The van der Waals surface area contributed by atoms with Gasteiger partial charge in [-0.25, -0.2) is 13.2 Å². The SMILES string of the molecule is CCOC(=O)c1cn(C)c2cccc(NS(=O)(=O)c3ccc(C)cc3)c12. The number of hydrogen-bond donors (Lipinski definition) is 1. The maximum Gasteiger partial charge on any atom is 0.340 e. The zero-order chi connectivity index (χ0) is 18.9. The summed E-state index contributed by atoms with van der Waals surface area (Å²) >= 11 is 0. The molecule has 0 bridgehead atoms. The van der Waals surface area contributed by atoms with Crippen LogP contribution >= 0.6 is 0 Å². The van der Waals surface area contributed by atoms with E-state index in [1.165, 1.54) is 0 Å². The van der Waals surface area contributed by atoms with Crippen LogP contribution in [0.15, 0.2) is 53.6 Å². The largest absolute Gasteiger partial charge is 0.462 e. The topological polar surface area (TPSA) is 77.4 Å². The first-order chi connectivity index (χ1) is 12.3. The molecule has 0 spiro atoms. The van der Waals surface area contributed by atoms with Crippen LogP contribution in [-0.2, 0) is 21.8 Å². The lowest BCUT2D eigenvalue weighted by Crippen LogP contribution is -2.13. The Hall–Kier alpha value is -2.80. The van der Waals surface area contributed by atoms with Crippen LogP contribution in [0.25, 0.3) is 10.9 Å². The molecule has 3 rings (SSSR count). The summed E-state index contributed by atoms with van der Waals surface area (Å²) < 4.78 is 34.9. The average Bonchev–Trinajstić information content (AvgIpc) is 2.94. The van der Waals surface area contributed by atoms with Crippen LogP contribution in [0.1, 0.15) is 22.8 Å². The van der Waals surface area contributed by atoms with Crippen molar-refractivity contribution in [1.29, 1.82) is 0 Å². The lowest BCUT2D eigenvalue weighted by Gasteiger charge is -2.11. The normalized spacial score (nSPS) is 11.5. The van der Waals surface area contributed by atoms with Crippen LogP contribution in [0.3, 0.4) is 0 Å². The Morgan fingerprint density at radius 1 is 1.15 bits per heavy atom. The Kier molecular flexibility index (Phi) is 4.73. The van der Waals surface area contributed by atoms with Gasteiger partial charge >= 0.3 is 5.97 Å². The number of carbonyl (C=O) groups excluding carboxylic acids is 1. The Balaban J connectivity index is 2.10. The number of nitrogens with zero attached hydrogens (tertiary/aromatic N) is 1. The van der Waals surface area contributed by atoms with E-state index in [1.54, 1.807) is 61.1 Å². The molecule has 26 heavy (non-hydrogen) atoms. The van der Waals surface area contributed by atoms with Crippen LogP contribution in [0.2, 0.25) is 0 Å². The molecule has 1 N–H and O–H groups in total. The number of rotatable bonds is 5. The van der Waals surface area contributed by atoms with Crippen LogP contribution in [-0.4, -0.2) is 25.6 Å². The number of nitrogens with one attached hydrogen (secondary N) is 1. The van der Waals surface area contributed by atoms with Gasteiger partial charge < -0.3 is 9.30 Å². The molecular formula is C19H20N2O4S. The van der Waals surface area contributed by atoms with Crippen LogP contribution < -0.4 is 4.72 Å². The minimum absolute atomic E-state index is 0.161. The fourth-order valence-electron chi connectivity index (χ4n) is 2.81. The number of hydrogen-bond acceptors (Lipinski definition) is 4. The second-order valence-electron chi connectivity index (χ2n) is 5.99. The van der Waals surface area contributed by atoms with Gasteiger partial charge in [0, 0.05) is 18.6 Å². The molecule has 0 fully saturated rings. The summed E-state index contributed by atoms with van der Waals surface area (Å²) in [6.45, 7) is 3.86. The van der Waals surface area contributed by atoms with E-state index < -0.39 is 16.0 Å². The van der Waals surface area contributed by atoms with Gasteiger partial charge in [-0.05, 0) is 38.1 Å². The predicted octanol–water partition coefficient (Wildman–Crippen LogP) is 3.46. The van der Waals surface area contributed by atoms with Gasteiger partial charge in [0.25, 0.3) is 10.0 Å². The molecule has 0 saturated heterocycles. The Morgan fingerprint density at radius 3 is 2.50 bits per heavy atom. The summed E-state index contributed by atoms with van der Waals surface area (Å²) in [7, 11) is -1.98. The maximum absolute atomic E-state index is 12.7. The maximum atomic E-state index is 12.7. The van der Waals surface area contributed by atoms with Crippen molar-refractivity contribution in [2.75, 3.05) is 11.3 Å². The first-order valence-corrected chi connectivity index (χ1v) is 9.66. The number of aryl methyl sites for hydroxylation is 2. The molecule has 0 aliphatic heterocycles. The van der Waals surface area contributed by atoms with Gasteiger partial charge in [0.2, 0.25) is 0 Å². The second kappa shape index (κ2) is 6.84. The van der Waals surface area contributed by atoms with Gasteiger partial charge in [-0.3, -0.25) is 4.72 Å². The molecule has 1 heterocycles. The van der Waals surface area contributed by atoms with Crippen molar-refractivity contribution in [2.24, 2.45) is 7.05 Å². The summed E-state index contributed by atoms with van der Waals surface area (Å²) in [5.41, 5.74) is 2.37. The summed E-state index contributed by atoms with van der Waals surface area (Å²) in [5, 5.41) is 0.518. The van der Waals surface area contributed by atoms with Crippen LogP contribution in [0, 0.1) is 6.92 Å². The average molecular weight is 372 g/mol. The predicted molar refractivity (Wildman–Crippen MR) is 101 cm³/mol. The molecule has 0 amide bonds. The van der Waals surface area contributed by atoms with Crippen molar-refractivity contribution in [2.45, 2.75) is 18.7 Å². The number of anilines is 1. The number of carbonyl (C=O) groups is 1. The molecule has 0 radical (unpaired) electrons. The highest BCUT2D eigenvalue weighted by molar-refractivity contribution is 7.92. The minimum atomic E-state index is -3.78. The zero-order valence-corrected chi connectivity index (χ0v) is 15.6. The monoisotopic (exact) mass is 372 g/mol. The molecule has 2 aromatic carbocycles. The van der Waals surface area contributed by atoms with Gasteiger partial charge in [-0.1, -0.05) is 23.8 Å². The lowest BCUT2D eigenvalue weighted by atomic mass is 10.1. The number of fused-ring (bicyclic) bond motifs is 1. The third-order valence-electron chi connectivity index (χ3n) is 4.09. The Morgan fingerprint density at radius 2 is 1.85 bits per heavy atom. The van der Waals surface area contributed by atoms with E-state index in [2.05, 4.69) is 4.72 Å². The number of ether oxygens (including phenoxy) is 1. The standard InChI is InChI=1S/C19H20N2O4S/c1-4-25-19(22)15-12-21(3)17-7-5-6-16(18(15)17)20-26(23,24)14-10-8-13(2)9-11-14/h5-12,20H,4H2,1-3H3. The molecule has 0 atom stereocenters. The highest BCUT2D eigenvalue weighted by Gasteiger charge is 2.21. The molecule has 136 valence electrons. The van der Waals surface area contributed by atoms with E-state index in [9.17, 15) is 13.2 Å². The number of esters is 1. The van der Waals surface area contributed by atoms with Crippen LogP contribution in [0.4, 0.5) is 5.69 Å². The van der Waals surface area contributed by atoms with Crippen molar-refractivity contribution in [1.82, 2.24) is 4.57 Å². The van der Waals surface area contributed by atoms with E-state index in [0.29, 0.717) is 16.6 Å². The lowest BCUT2D eigenvalue weighted by molar-refractivity contribution is 0.0528. The molecule has 7 heteroatoms. The molecule has 6 nitrogen and oxygen atoms in total. The van der Waals surface area contributed by atoms with E-state index >= 15 is 0 Å². The molecule has 0 aliphatic rings. The third-order valence-corrected chi connectivity index (χ3v) is 5.47. The number of aromatic nitrogens is 1.